The van der Waals surface area contributed by atoms with Crippen molar-refractivity contribution in [2.45, 2.75) is 46.2 Å². The highest BCUT2D eigenvalue weighted by molar-refractivity contribution is 7.09. The number of nitrogens with one attached hydrogen (secondary N) is 2. The van der Waals surface area contributed by atoms with Crippen molar-refractivity contribution in [3.63, 3.8) is 0 Å². The summed E-state index contributed by atoms with van der Waals surface area (Å²) in [6.07, 6.45) is 2.09. The maximum atomic E-state index is 13.0. The highest BCUT2D eigenvalue weighted by Gasteiger charge is 2.24. The number of carbonyl (C=O) groups is 2. The molecule has 0 unspecified atom stereocenters. The molecule has 6 heteroatoms. The second kappa shape index (κ2) is 7.87. The number of aryl methyl sites for hydroxylation is 2. The smallest absolute Gasteiger partial charge is 0.257 e. The highest BCUT2D eigenvalue weighted by Crippen LogP contribution is 2.24. The predicted octanol–water partition coefficient (Wildman–Crippen LogP) is 4.67. The molecule has 3 aromatic rings. The molecule has 1 fully saturated rings. The number of thiophene rings is 1. The normalized spacial score (nSPS) is 13.3. The molecule has 2 heterocycles. The maximum absolute atomic E-state index is 13.0. The third-order valence-corrected chi connectivity index (χ3v) is 6.23. The number of hydrogen-bond donors (Lipinski definition) is 2. The summed E-state index contributed by atoms with van der Waals surface area (Å²) in [4.78, 5) is 26.6. The first kappa shape index (κ1) is 19.5. The van der Waals surface area contributed by atoms with E-state index in [4.69, 9.17) is 0 Å². The van der Waals surface area contributed by atoms with E-state index < -0.39 is 0 Å². The number of anilines is 1. The van der Waals surface area contributed by atoms with Gasteiger partial charge in [0.05, 0.1) is 12.1 Å². The molecule has 0 radical (unpaired) electrons. The van der Waals surface area contributed by atoms with Gasteiger partial charge < -0.3 is 15.2 Å². The minimum Gasteiger partial charge on any atom is -0.349 e. The van der Waals surface area contributed by atoms with Gasteiger partial charge in [-0.05, 0) is 68.8 Å². The monoisotopic (exact) mass is 407 g/mol. The van der Waals surface area contributed by atoms with E-state index in [1.54, 1.807) is 23.5 Å². The van der Waals surface area contributed by atoms with Gasteiger partial charge in [-0.1, -0.05) is 12.1 Å². The number of amides is 2. The number of hydrogen-bond acceptors (Lipinski definition) is 3. The lowest BCUT2D eigenvalue weighted by Crippen LogP contribution is -2.25. The number of nitrogens with zero attached hydrogens (tertiary/aromatic N) is 1. The molecule has 4 rings (SSSR count). The Morgan fingerprint density at radius 1 is 1.10 bits per heavy atom. The van der Waals surface area contributed by atoms with Gasteiger partial charge in [0.2, 0.25) is 0 Å². The SMILES string of the molecule is Cc1ccc(C(=O)NC2CC2)cc1NC(=O)c1cc(C)n(Cc2cccs2)c1C. The number of rotatable bonds is 6. The first-order chi connectivity index (χ1) is 13.9. The molecule has 1 aliphatic carbocycles. The molecular weight excluding hydrogens is 382 g/mol. The van der Waals surface area contributed by atoms with Crippen LogP contribution >= 0.6 is 11.3 Å². The second-order valence-corrected chi connectivity index (χ2v) is 8.71. The molecule has 0 bridgehead atoms. The van der Waals surface area contributed by atoms with Gasteiger partial charge in [0.1, 0.15) is 0 Å². The van der Waals surface area contributed by atoms with Crippen LogP contribution < -0.4 is 10.6 Å². The summed E-state index contributed by atoms with van der Waals surface area (Å²) < 4.78 is 2.16. The molecule has 0 spiro atoms. The van der Waals surface area contributed by atoms with Gasteiger partial charge in [-0.15, -0.1) is 11.3 Å². The molecule has 2 aromatic heterocycles. The summed E-state index contributed by atoms with van der Waals surface area (Å²) in [5, 5.41) is 8.05. The average molecular weight is 408 g/mol. The van der Waals surface area contributed by atoms with Crippen molar-refractivity contribution in [3.8, 4) is 0 Å². The van der Waals surface area contributed by atoms with Crippen LogP contribution in [0.5, 0.6) is 0 Å². The molecule has 1 aromatic carbocycles. The van der Waals surface area contributed by atoms with E-state index in [0.717, 1.165) is 36.3 Å². The quantitative estimate of drug-likeness (QED) is 0.624. The zero-order valence-corrected chi connectivity index (χ0v) is 17.7. The topological polar surface area (TPSA) is 63.1 Å². The number of aromatic nitrogens is 1. The molecule has 1 saturated carbocycles. The van der Waals surface area contributed by atoms with Crippen LogP contribution in [0.25, 0.3) is 0 Å². The van der Waals surface area contributed by atoms with Gasteiger partial charge in [0.25, 0.3) is 11.8 Å². The molecule has 0 aliphatic heterocycles. The Hall–Kier alpha value is -2.86. The zero-order chi connectivity index (χ0) is 20.5. The van der Waals surface area contributed by atoms with Crippen molar-refractivity contribution in [2.24, 2.45) is 0 Å². The minimum absolute atomic E-state index is 0.0860. The van der Waals surface area contributed by atoms with Gasteiger partial charge in [0.15, 0.2) is 0 Å². The first-order valence-corrected chi connectivity index (χ1v) is 10.7. The lowest BCUT2D eigenvalue weighted by molar-refractivity contribution is 0.0949. The molecular formula is C23H25N3O2S. The first-order valence-electron chi connectivity index (χ1n) is 9.84. The van der Waals surface area contributed by atoms with E-state index in [1.165, 1.54) is 4.88 Å². The molecule has 0 saturated heterocycles. The Labute approximate surface area is 174 Å². The van der Waals surface area contributed by atoms with E-state index in [-0.39, 0.29) is 11.8 Å². The molecule has 1 aliphatic rings. The lowest BCUT2D eigenvalue weighted by Gasteiger charge is -2.12. The summed E-state index contributed by atoms with van der Waals surface area (Å²) in [5.41, 5.74) is 4.81. The molecule has 5 nitrogen and oxygen atoms in total. The van der Waals surface area contributed by atoms with Crippen molar-refractivity contribution < 1.29 is 9.59 Å². The largest absolute Gasteiger partial charge is 0.349 e. The van der Waals surface area contributed by atoms with Crippen LogP contribution in [0.3, 0.4) is 0 Å². The van der Waals surface area contributed by atoms with E-state index in [2.05, 4.69) is 26.6 Å². The number of carbonyl (C=O) groups excluding carboxylic acids is 2. The van der Waals surface area contributed by atoms with Crippen LogP contribution in [0, 0.1) is 20.8 Å². The van der Waals surface area contributed by atoms with Gasteiger partial charge >= 0.3 is 0 Å². The van der Waals surface area contributed by atoms with Crippen molar-refractivity contribution in [2.75, 3.05) is 5.32 Å². The Bertz CT molecular complexity index is 1060. The maximum Gasteiger partial charge on any atom is 0.257 e. The van der Waals surface area contributed by atoms with Crippen LogP contribution in [0.2, 0.25) is 0 Å². The van der Waals surface area contributed by atoms with Crippen LogP contribution in [0.4, 0.5) is 5.69 Å². The molecule has 2 amide bonds. The molecule has 29 heavy (non-hydrogen) atoms. The Morgan fingerprint density at radius 3 is 2.59 bits per heavy atom. The van der Waals surface area contributed by atoms with Gasteiger partial charge in [-0.3, -0.25) is 9.59 Å². The van der Waals surface area contributed by atoms with Gasteiger partial charge in [-0.25, -0.2) is 0 Å². The molecule has 0 atom stereocenters. The van der Waals surface area contributed by atoms with Crippen LogP contribution in [-0.2, 0) is 6.54 Å². The van der Waals surface area contributed by atoms with E-state index >= 15 is 0 Å². The Kier molecular flexibility index (Phi) is 5.28. The van der Waals surface area contributed by atoms with Crippen molar-refractivity contribution in [1.82, 2.24) is 9.88 Å². The standard InChI is InChI=1S/C23H25N3O2S/c1-14-6-7-17(22(27)24-18-8-9-18)12-21(14)25-23(28)20-11-15(2)26(16(20)3)13-19-5-4-10-29-19/h4-7,10-12,18H,8-9,13H2,1-3H3,(H,24,27)(H,25,28). The van der Waals surface area contributed by atoms with Gasteiger partial charge in [-0.2, -0.15) is 0 Å². The molecule has 2 N–H and O–H groups in total. The zero-order valence-electron chi connectivity index (χ0n) is 16.9. The minimum atomic E-state index is -0.154. The fourth-order valence-corrected chi connectivity index (χ4v) is 4.11. The second-order valence-electron chi connectivity index (χ2n) is 7.68. The summed E-state index contributed by atoms with van der Waals surface area (Å²) in [5.74, 6) is -0.240. The third kappa shape index (κ3) is 4.27. The number of benzene rings is 1. The Balaban J connectivity index is 1.54. The van der Waals surface area contributed by atoms with E-state index in [1.807, 2.05) is 39.0 Å². The Morgan fingerprint density at radius 2 is 1.90 bits per heavy atom. The van der Waals surface area contributed by atoms with Crippen LogP contribution in [-0.4, -0.2) is 22.4 Å². The van der Waals surface area contributed by atoms with Crippen molar-refractivity contribution >= 4 is 28.8 Å². The third-order valence-electron chi connectivity index (χ3n) is 5.37. The van der Waals surface area contributed by atoms with Crippen LogP contribution in [0.1, 0.15) is 55.4 Å². The highest BCUT2D eigenvalue weighted by atomic mass is 32.1. The molecule has 150 valence electrons. The van der Waals surface area contributed by atoms with Crippen molar-refractivity contribution in [1.29, 1.82) is 0 Å². The van der Waals surface area contributed by atoms with Gasteiger partial charge in [0, 0.05) is 33.6 Å². The summed E-state index contributed by atoms with van der Waals surface area (Å²) in [6.45, 7) is 6.68. The van der Waals surface area contributed by atoms with Crippen LogP contribution in [0.15, 0.2) is 41.8 Å². The fraction of sp³-hybridized carbons (Fsp3) is 0.304. The van der Waals surface area contributed by atoms with Crippen molar-refractivity contribution in [3.05, 3.63) is 74.7 Å². The van der Waals surface area contributed by atoms with E-state index in [0.29, 0.717) is 22.9 Å². The predicted molar refractivity (Wildman–Crippen MR) is 117 cm³/mol. The average Bonchev–Trinajstić information content (AvgIpc) is 3.26. The summed E-state index contributed by atoms with van der Waals surface area (Å²) in [7, 11) is 0. The summed E-state index contributed by atoms with van der Waals surface area (Å²) >= 11 is 1.71. The van der Waals surface area contributed by atoms with E-state index in [9.17, 15) is 9.59 Å². The fourth-order valence-electron chi connectivity index (χ4n) is 3.42. The lowest BCUT2D eigenvalue weighted by atomic mass is 10.1. The summed E-state index contributed by atoms with van der Waals surface area (Å²) in [6, 6.07) is 11.8.